The average Bonchev–Trinajstić information content (AvgIpc) is 2.94. The number of hydrogen-bond acceptors (Lipinski definition) is 2. The quantitative estimate of drug-likeness (QED) is 0.720. The van der Waals surface area contributed by atoms with Gasteiger partial charge in [-0.1, -0.05) is 18.2 Å². The van der Waals surface area contributed by atoms with Gasteiger partial charge in [0.1, 0.15) is 5.78 Å². The van der Waals surface area contributed by atoms with Crippen molar-refractivity contribution >= 4 is 5.78 Å². The first-order chi connectivity index (χ1) is 6.76. The van der Waals surface area contributed by atoms with Crippen LogP contribution in [0.25, 0.3) is 0 Å². The van der Waals surface area contributed by atoms with Crippen LogP contribution in [0.3, 0.4) is 0 Å². The van der Waals surface area contributed by atoms with E-state index in [1.54, 1.807) is 0 Å². The maximum absolute atomic E-state index is 11.8. The van der Waals surface area contributed by atoms with Crippen molar-refractivity contribution in [2.24, 2.45) is 5.73 Å². The maximum Gasteiger partial charge on any atom is 0.147 e. The van der Waals surface area contributed by atoms with Crippen LogP contribution >= 0.6 is 0 Å². The summed E-state index contributed by atoms with van der Waals surface area (Å²) in [6, 6.07) is 6.24. The van der Waals surface area contributed by atoms with Gasteiger partial charge in [0, 0.05) is 13.0 Å². The van der Waals surface area contributed by atoms with E-state index in [9.17, 15) is 4.79 Å². The van der Waals surface area contributed by atoms with E-state index in [4.69, 9.17) is 5.73 Å². The van der Waals surface area contributed by atoms with E-state index in [0.29, 0.717) is 18.7 Å². The minimum atomic E-state index is -0.0689. The molecule has 0 heterocycles. The minimum Gasteiger partial charge on any atom is -0.326 e. The number of fused-ring (bicyclic) bond motifs is 2. The molecule has 72 valence electrons. The van der Waals surface area contributed by atoms with Crippen LogP contribution in [0, 0.1) is 0 Å². The summed E-state index contributed by atoms with van der Waals surface area (Å²) < 4.78 is 0. The number of Topliss-reactive ketones (excluding diaryl/α,β-unsaturated/α-hetero) is 1. The third-order valence-corrected chi connectivity index (χ3v) is 3.56. The second-order valence-electron chi connectivity index (χ2n) is 4.38. The molecule has 3 rings (SSSR count). The van der Waals surface area contributed by atoms with Crippen LogP contribution in [-0.2, 0) is 23.2 Å². The van der Waals surface area contributed by atoms with E-state index in [0.717, 1.165) is 18.4 Å². The molecule has 1 aromatic carbocycles. The predicted molar refractivity (Wildman–Crippen MR) is 54.0 cm³/mol. The lowest BCUT2D eigenvalue weighted by Gasteiger charge is -2.07. The van der Waals surface area contributed by atoms with E-state index < -0.39 is 0 Å². The first-order valence-electron chi connectivity index (χ1n) is 5.12. The highest BCUT2D eigenvalue weighted by Gasteiger charge is 2.55. The molecule has 0 atom stereocenters. The highest BCUT2D eigenvalue weighted by atomic mass is 16.1. The smallest absolute Gasteiger partial charge is 0.147 e. The number of rotatable bonds is 1. The van der Waals surface area contributed by atoms with E-state index in [-0.39, 0.29) is 5.41 Å². The molecule has 2 aliphatic carbocycles. The van der Waals surface area contributed by atoms with Gasteiger partial charge in [-0.25, -0.2) is 0 Å². The Morgan fingerprint density at radius 2 is 2.14 bits per heavy atom. The zero-order valence-electron chi connectivity index (χ0n) is 8.05. The first-order valence-corrected chi connectivity index (χ1v) is 5.12. The first kappa shape index (κ1) is 8.18. The Morgan fingerprint density at radius 1 is 1.36 bits per heavy atom. The van der Waals surface area contributed by atoms with Crippen LogP contribution < -0.4 is 5.73 Å². The molecule has 0 bridgehead atoms. The van der Waals surface area contributed by atoms with E-state index >= 15 is 0 Å². The fraction of sp³-hybridized carbons (Fsp3) is 0.417. The minimum absolute atomic E-state index is 0.0689. The molecule has 2 nitrogen and oxygen atoms in total. The fourth-order valence-corrected chi connectivity index (χ4v) is 2.52. The lowest BCUT2D eigenvalue weighted by atomic mass is 9.96. The second kappa shape index (κ2) is 2.45. The summed E-state index contributed by atoms with van der Waals surface area (Å²) in [6.07, 6.45) is 2.74. The average molecular weight is 187 g/mol. The van der Waals surface area contributed by atoms with Gasteiger partial charge in [-0.15, -0.1) is 0 Å². The standard InChI is InChI=1S/C12H13NO/c13-7-8-1-2-9-6-11(14)12(3-4-12)10(9)5-8/h1-2,5H,3-4,6-7,13H2. The molecule has 1 fully saturated rings. The van der Waals surface area contributed by atoms with Crippen LogP contribution in [0.2, 0.25) is 0 Å². The summed E-state index contributed by atoms with van der Waals surface area (Å²) in [7, 11) is 0. The SMILES string of the molecule is NCc1ccc2c(c1)C1(CC1)C(=O)C2. The van der Waals surface area contributed by atoms with Gasteiger partial charge >= 0.3 is 0 Å². The molecule has 0 amide bonds. The number of benzene rings is 1. The Bertz CT molecular complexity index is 418. The number of nitrogens with two attached hydrogens (primary N) is 1. The molecule has 1 spiro atoms. The Balaban J connectivity index is 2.16. The molecule has 1 aromatic rings. The molecule has 14 heavy (non-hydrogen) atoms. The summed E-state index contributed by atoms with van der Waals surface area (Å²) in [5, 5.41) is 0. The predicted octanol–water partition coefficient (Wildman–Crippen LogP) is 1.30. The third-order valence-electron chi connectivity index (χ3n) is 3.56. The van der Waals surface area contributed by atoms with Crippen LogP contribution in [0.5, 0.6) is 0 Å². The zero-order valence-corrected chi connectivity index (χ0v) is 8.05. The second-order valence-corrected chi connectivity index (χ2v) is 4.38. The molecule has 0 radical (unpaired) electrons. The lowest BCUT2D eigenvalue weighted by molar-refractivity contribution is -0.119. The fourth-order valence-electron chi connectivity index (χ4n) is 2.52. The summed E-state index contributed by atoms with van der Waals surface area (Å²) in [4.78, 5) is 11.8. The van der Waals surface area contributed by atoms with Crippen molar-refractivity contribution in [3.63, 3.8) is 0 Å². The van der Waals surface area contributed by atoms with Gasteiger partial charge in [0.2, 0.25) is 0 Å². The van der Waals surface area contributed by atoms with Gasteiger partial charge in [0.15, 0.2) is 0 Å². The molecular weight excluding hydrogens is 174 g/mol. The molecule has 0 unspecified atom stereocenters. The molecular formula is C12H13NO. The zero-order chi connectivity index (χ0) is 9.76. The topological polar surface area (TPSA) is 43.1 Å². The Labute approximate surface area is 83.1 Å². The molecule has 2 heteroatoms. The lowest BCUT2D eigenvalue weighted by Crippen LogP contribution is -2.13. The van der Waals surface area contributed by atoms with Crippen molar-refractivity contribution in [1.82, 2.24) is 0 Å². The summed E-state index contributed by atoms with van der Waals surface area (Å²) in [5.74, 6) is 0.418. The van der Waals surface area contributed by atoms with E-state index in [2.05, 4.69) is 12.1 Å². The van der Waals surface area contributed by atoms with Gasteiger partial charge in [-0.2, -0.15) is 0 Å². The van der Waals surface area contributed by atoms with Crippen LogP contribution in [0.1, 0.15) is 29.5 Å². The Kier molecular flexibility index (Phi) is 1.43. The number of ketones is 1. The van der Waals surface area contributed by atoms with E-state index in [1.165, 1.54) is 11.1 Å². The Hall–Kier alpha value is -1.15. The Morgan fingerprint density at radius 3 is 2.79 bits per heavy atom. The number of carbonyl (C=O) groups is 1. The molecule has 2 aliphatic rings. The molecule has 0 aromatic heterocycles. The summed E-state index contributed by atoms with van der Waals surface area (Å²) >= 11 is 0. The largest absolute Gasteiger partial charge is 0.326 e. The van der Waals surface area contributed by atoms with Gasteiger partial charge in [0.25, 0.3) is 0 Å². The third kappa shape index (κ3) is 0.867. The summed E-state index contributed by atoms with van der Waals surface area (Å²) in [6.45, 7) is 0.567. The van der Waals surface area contributed by atoms with Crippen LogP contribution in [0.15, 0.2) is 18.2 Å². The number of carbonyl (C=O) groups excluding carboxylic acids is 1. The van der Waals surface area contributed by atoms with E-state index in [1.807, 2.05) is 6.07 Å². The summed E-state index contributed by atoms with van der Waals surface area (Å²) in [5.41, 5.74) is 9.17. The van der Waals surface area contributed by atoms with Crippen molar-refractivity contribution in [3.8, 4) is 0 Å². The molecule has 0 saturated heterocycles. The highest BCUT2D eigenvalue weighted by Crippen LogP contribution is 2.54. The van der Waals surface area contributed by atoms with Gasteiger partial charge in [0.05, 0.1) is 5.41 Å². The van der Waals surface area contributed by atoms with Crippen molar-refractivity contribution in [2.45, 2.75) is 31.2 Å². The molecule has 0 aliphatic heterocycles. The van der Waals surface area contributed by atoms with Gasteiger partial charge < -0.3 is 5.73 Å². The molecule has 2 N–H and O–H groups in total. The van der Waals surface area contributed by atoms with Crippen LogP contribution in [-0.4, -0.2) is 5.78 Å². The molecule has 1 saturated carbocycles. The highest BCUT2D eigenvalue weighted by molar-refractivity contribution is 5.99. The maximum atomic E-state index is 11.8. The normalized spacial score (nSPS) is 21.4. The van der Waals surface area contributed by atoms with Crippen molar-refractivity contribution in [1.29, 1.82) is 0 Å². The van der Waals surface area contributed by atoms with Gasteiger partial charge in [-0.05, 0) is 29.5 Å². The van der Waals surface area contributed by atoms with Gasteiger partial charge in [-0.3, -0.25) is 4.79 Å². The van der Waals surface area contributed by atoms with Crippen molar-refractivity contribution in [3.05, 3.63) is 34.9 Å². The number of hydrogen-bond donors (Lipinski definition) is 1. The van der Waals surface area contributed by atoms with Crippen LogP contribution in [0.4, 0.5) is 0 Å². The monoisotopic (exact) mass is 187 g/mol. The van der Waals surface area contributed by atoms with Crippen molar-refractivity contribution < 1.29 is 4.79 Å². The van der Waals surface area contributed by atoms with Crippen molar-refractivity contribution in [2.75, 3.05) is 0 Å².